The Labute approximate surface area is 155 Å². The number of hydrogen-bond donors (Lipinski definition) is 2. The Morgan fingerprint density at radius 1 is 1.15 bits per heavy atom. The number of carbonyl (C=O) groups excluding carboxylic acids is 2. The number of nitrogens with one attached hydrogen (secondary N) is 1. The molecule has 0 atom stereocenters. The lowest BCUT2D eigenvalue weighted by Crippen LogP contribution is -2.03. The van der Waals surface area contributed by atoms with Crippen molar-refractivity contribution in [2.75, 3.05) is 5.32 Å². The molecule has 0 aliphatic rings. The minimum Gasteiger partial charge on any atom is -0.507 e. The molecule has 2 aromatic carbocycles. The molecule has 3 rings (SSSR count). The number of phenols is 1. The van der Waals surface area contributed by atoms with E-state index in [0.29, 0.717) is 34.4 Å². The first kappa shape index (κ1) is 17.8. The Morgan fingerprint density at radius 2 is 1.93 bits per heavy atom. The molecule has 0 fully saturated rings. The number of Topliss-reactive ketones (excluding diaryl/α,β-unsaturated/α-hetero) is 1. The SMILES string of the molecule is CC(=O)c1cccc(-c2cc(-c3ccccc3O)nc(NC=O)c2C#N)c1. The summed E-state index contributed by atoms with van der Waals surface area (Å²) in [6.07, 6.45) is 0.438. The second kappa shape index (κ2) is 7.50. The molecule has 6 heteroatoms. The van der Waals surface area contributed by atoms with E-state index >= 15 is 0 Å². The van der Waals surface area contributed by atoms with Gasteiger partial charge in [-0.2, -0.15) is 5.26 Å². The van der Waals surface area contributed by atoms with Gasteiger partial charge in [-0.1, -0.05) is 30.3 Å². The Kier molecular flexibility index (Phi) is 4.95. The molecular formula is C21H15N3O3. The maximum Gasteiger partial charge on any atom is 0.212 e. The van der Waals surface area contributed by atoms with Crippen LogP contribution in [0.2, 0.25) is 0 Å². The van der Waals surface area contributed by atoms with E-state index in [2.05, 4.69) is 16.4 Å². The first-order chi connectivity index (χ1) is 13.0. The summed E-state index contributed by atoms with van der Waals surface area (Å²) in [5.74, 6) is 0.00302. The number of hydrogen-bond acceptors (Lipinski definition) is 5. The highest BCUT2D eigenvalue weighted by atomic mass is 16.3. The Hall–Kier alpha value is -3.98. The van der Waals surface area contributed by atoms with Gasteiger partial charge >= 0.3 is 0 Å². The van der Waals surface area contributed by atoms with Crippen LogP contribution in [0.25, 0.3) is 22.4 Å². The number of ketones is 1. The van der Waals surface area contributed by atoms with E-state index in [9.17, 15) is 20.0 Å². The number of aromatic hydroxyl groups is 1. The van der Waals surface area contributed by atoms with Crippen molar-refractivity contribution in [1.82, 2.24) is 4.98 Å². The molecule has 0 aliphatic carbocycles. The Balaban J connectivity index is 2.31. The fourth-order valence-electron chi connectivity index (χ4n) is 2.78. The van der Waals surface area contributed by atoms with E-state index in [1.54, 1.807) is 48.5 Å². The number of amides is 1. The van der Waals surface area contributed by atoms with Crippen molar-refractivity contribution >= 4 is 18.0 Å². The van der Waals surface area contributed by atoms with Crippen LogP contribution in [0.1, 0.15) is 22.8 Å². The molecule has 1 aromatic heterocycles. The topological polar surface area (TPSA) is 103 Å². The number of anilines is 1. The van der Waals surface area contributed by atoms with Gasteiger partial charge in [-0.15, -0.1) is 0 Å². The van der Waals surface area contributed by atoms with Gasteiger partial charge in [-0.25, -0.2) is 4.98 Å². The summed E-state index contributed by atoms with van der Waals surface area (Å²) >= 11 is 0. The molecule has 27 heavy (non-hydrogen) atoms. The van der Waals surface area contributed by atoms with E-state index in [-0.39, 0.29) is 22.9 Å². The number of phenolic OH excluding ortho intramolecular Hbond substituents is 1. The molecule has 0 bridgehead atoms. The predicted molar refractivity (Wildman–Crippen MR) is 101 cm³/mol. The molecule has 0 radical (unpaired) electrons. The molecular weight excluding hydrogens is 342 g/mol. The van der Waals surface area contributed by atoms with E-state index < -0.39 is 0 Å². The van der Waals surface area contributed by atoms with Crippen LogP contribution in [-0.2, 0) is 4.79 Å². The van der Waals surface area contributed by atoms with Gasteiger partial charge in [-0.05, 0) is 36.8 Å². The average Bonchev–Trinajstić information content (AvgIpc) is 2.68. The second-order valence-corrected chi connectivity index (χ2v) is 5.81. The van der Waals surface area contributed by atoms with E-state index in [1.807, 2.05) is 0 Å². The summed E-state index contributed by atoms with van der Waals surface area (Å²) in [5, 5.41) is 22.2. The van der Waals surface area contributed by atoms with Crippen molar-refractivity contribution in [3.8, 4) is 34.2 Å². The number of nitriles is 1. The average molecular weight is 357 g/mol. The molecule has 3 aromatic rings. The van der Waals surface area contributed by atoms with Crippen molar-refractivity contribution in [1.29, 1.82) is 5.26 Å². The monoisotopic (exact) mass is 357 g/mol. The van der Waals surface area contributed by atoms with Crippen LogP contribution < -0.4 is 5.32 Å². The number of aromatic nitrogens is 1. The van der Waals surface area contributed by atoms with Crippen LogP contribution >= 0.6 is 0 Å². The van der Waals surface area contributed by atoms with Crippen molar-refractivity contribution in [2.45, 2.75) is 6.92 Å². The molecule has 0 saturated carbocycles. The number of nitrogens with zero attached hydrogens (tertiary/aromatic N) is 2. The highest BCUT2D eigenvalue weighted by Crippen LogP contribution is 2.35. The first-order valence-corrected chi connectivity index (χ1v) is 8.10. The second-order valence-electron chi connectivity index (χ2n) is 5.81. The highest BCUT2D eigenvalue weighted by molar-refractivity contribution is 5.96. The minimum atomic E-state index is -0.100. The third-order valence-electron chi connectivity index (χ3n) is 4.09. The molecule has 6 nitrogen and oxygen atoms in total. The Bertz CT molecular complexity index is 1080. The van der Waals surface area contributed by atoms with Gasteiger partial charge in [0.05, 0.1) is 5.69 Å². The maximum atomic E-state index is 11.7. The van der Waals surface area contributed by atoms with Gasteiger partial charge in [-0.3, -0.25) is 9.59 Å². The number of benzene rings is 2. The zero-order valence-electron chi connectivity index (χ0n) is 14.4. The van der Waals surface area contributed by atoms with Gasteiger partial charge in [0, 0.05) is 16.7 Å². The van der Waals surface area contributed by atoms with Gasteiger partial charge in [0.25, 0.3) is 0 Å². The van der Waals surface area contributed by atoms with E-state index in [1.165, 1.54) is 13.0 Å². The standard InChI is InChI=1S/C21H15N3O3/c1-13(26)14-5-4-6-15(9-14)17-10-19(16-7-2-3-8-20(16)27)24-21(23-12-25)18(17)11-22/h2-10,12,27H,1H3,(H,23,24,25). The fraction of sp³-hybridized carbons (Fsp3) is 0.0476. The number of pyridine rings is 1. The van der Waals surface area contributed by atoms with Crippen LogP contribution in [0.15, 0.2) is 54.6 Å². The van der Waals surface area contributed by atoms with Crippen LogP contribution in [0.3, 0.4) is 0 Å². The van der Waals surface area contributed by atoms with Gasteiger partial charge in [0.15, 0.2) is 11.6 Å². The minimum absolute atomic E-state index is 0.0233. The molecule has 0 unspecified atom stereocenters. The van der Waals surface area contributed by atoms with Crippen molar-refractivity contribution in [3.63, 3.8) is 0 Å². The van der Waals surface area contributed by atoms with Crippen LogP contribution in [-0.4, -0.2) is 22.3 Å². The van der Waals surface area contributed by atoms with E-state index in [4.69, 9.17) is 0 Å². The number of carbonyl (C=O) groups is 2. The summed E-state index contributed by atoms with van der Waals surface area (Å²) < 4.78 is 0. The zero-order valence-corrected chi connectivity index (χ0v) is 14.4. The lowest BCUT2D eigenvalue weighted by atomic mass is 9.96. The van der Waals surface area contributed by atoms with Gasteiger partial charge in [0.2, 0.25) is 6.41 Å². The smallest absolute Gasteiger partial charge is 0.212 e. The molecule has 1 amide bonds. The Morgan fingerprint density at radius 3 is 2.59 bits per heavy atom. The number of para-hydroxylation sites is 1. The van der Waals surface area contributed by atoms with Gasteiger partial charge < -0.3 is 10.4 Å². The molecule has 132 valence electrons. The maximum absolute atomic E-state index is 11.7. The summed E-state index contributed by atoms with van der Waals surface area (Å²) in [6, 6.07) is 17.2. The normalized spacial score (nSPS) is 10.1. The molecule has 2 N–H and O–H groups in total. The van der Waals surface area contributed by atoms with Crippen LogP contribution in [0.5, 0.6) is 5.75 Å². The predicted octanol–water partition coefficient (Wildman–Crippen LogP) is 3.76. The van der Waals surface area contributed by atoms with Crippen molar-refractivity contribution in [2.24, 2.45) is 0 Å². The largest absolute Gasteiger partial charge is 0.507 e. The van der Waals surface area contributed by atoms with E-state index in [0.717, 1.165) is 0 Å². The molecule has 0 saturated heterocycles. The summed E-state index contributed by atoms with van der Waals surface area (Å²) in [5.41, 5.74) is 2.65. The first-order valence-electron chi connectivity index (χ1n) is 8.10. The molecule has 1 heterocycles. The number of rotatable bonds is 5. The van der Waals surface area contributed by atoms with Crippen LogP contribution in [0.4, 0.5) is 5.82 Å². The summed E-state index contributed by atoms with van der Waals surface area (Å²) in [7, 11) is 0. The summed E-state index contributed by atoms with van der Waals surface area (Å²) in [4.78, 5) is 27.0. The van der Waals surface area contributed by atoms with Crippen molar-refractivity contribution in [3.05, 3.63) is 65.7 Å². The quantitative estimate of drug-likeness (QED) is 0.534. The van der Waals surface area contributed by atoms with Crippen LogP contribution in [0, 0.1) is 11.3 Å². The molecule has 0 aliphatic heterocycles. The summed E-state index contributed by atoms with van der Waals surface area (Å²) in [6.45, 7) is 1.46. The highest BCUT2D eigenvalue weighted by Gasteiger charge is 2.17. The van der Waals surface area contributed by atoms with Gasteiger partial charge in [0.1, 0.15) is 17.4 Å². The third-order valence-corrected chi connectivity index (χ3v) is 4.09. The lowest BCUT2D eigenvalue weighted by Gasteiger charge is -2.13. The zero-order chi connectivity index (χ0) is 19.4. The fourth-order valence-corrected chi connectivity index (χ4v) is 2.78. The molecule has 0 spiro atoms. The lowest BCUT2D eigenvalue weighted by molar-refractivity contribution is -0.105. The van der Waals surface area contributed by atoms with Crippen molar-refractivity contribution < 1.29 is 14.7 Å². The third kappa shape index (κ3) is 3.53.